The van der Waals surface area contributed by atoms with Crippen molar-refractivity contribution in [2.75, 3.05) is 0 Å². The second-order valence-electron chi connectivity index (χ2n) is 4.57. The van der Waals surface area contributed by atoms with Gasteiger partial charge in [0.15, 0.2) is 17.2 Å². The number of hydrogen-bond acceptors (Lipinski definition) is 4. The summed E-state index contributed by atoms with van der Waals surface area (Å²) < 4.78 is 0. The van der Waals surface area contributed by atoms with Gasteiger partial charge >= 0.3 is 0 Å². The predicted molar refractivity (Wildman–Crippen MR) is 76.0 cm³/mol. The molecule has 3 aromatic carbocycles. The average molecular weight is 268 g/mol. The van der Waals surface area contributed by atoms with E-state index in [2.05, 4.69) is 0 Å². The van der Waals surface area contributed by atoms with Crippen LogP contribution in [0.25, 0.3) is 21.9 Å². The molecule has 0 saturated heterocycles. The van der Waals surface area contributed by atoms with Gasteiger partial charge in [0.05, 0.1) is 0 Å². The lowest BCUT2D eigenvalue weighted by Gasteiger charge is -2.09. The van der Waals surface area contributed by atoms with Crippen LogP contribution in [0.3, 0.4) is 0 Å². The van der Waals surface area contributed by atoms with Crippen molar-refractivity contribution in [3.05, 3.63) is 48.5 Å². The molecule has 0 aliphatic carbocycles. The molecule has 0 atom stereocenters. The van der Waals surface area contributed by atoms with E-state index < -0.39 is 17.2 Å². The molecule has 0 unspecified atom stereocenters. The van der Waals surface area contributed by atoms with Crippen molar-refractivity contribution in [2.24, 2.45) is 0 Å². The summed E-state index contributed by atoms with van der Waals surface area (Å²) in [7, 11) is 0. The van der Waals surface area contributed by atoms with Crippen LogP contribution >= 0.6 is 0 Å². The minimum atomic E-state index is -0.545. The van der Waals surface area contributed by atoms with Gasteiger partial charge in [-0.05, 0) is 46.2 Å². The van der Waals surface area contributed by atoms with Crippen LogP contribution in [-0.4, -0.2) is 20.4 Å². The van der Waals surface area contributed by atoms with Crippen LogP contribution in [0, 0.1) is 0 Å². The molecule has 4 N–H and O–H groups in total. The van der Waals surface area contributed by atoms with E-state index in [1.807, 2.05) is 18.2 Å². The van der Waals surface area contributed by atoms with Crippen molar-refractivity contribution in [1.29, 1.82) is 0 Å². The van der Waals surface area contributed by atoms with Crippen molar-refractivity contribution in [2.45, 2.75) is 0 Å². The molecule has 0 spiro atoms. The Bertz CT molecular complexity index is 786. The Morgan fingerprint density at radius 2 is 1.40 bits per heavy atom. The molecule has 0 radical (unpaired) electrons. The third-order valence-electron chi connectivity index (χ3n) is 3.25. The highest BCUT2D eigenvalue weighted by Gasteiger charge is 2.11. The minimum absolute atomic E-state index is 0.136. The van der Waals surface area contributed by atoms with Gasteiger partial charge in [-0.15, -0.1) is 0 Å². The van der Waals surface area contributed by atoms with Crippen molar-refractivity contribution in [1.82, 2.24) is 0 Å². The maximum atomic E-state index is 9.62. The number of aromatic hydroxyl groups is 4. The molecule has 4 heteroatoms. The number of phenols is 4. The van der Waals surface area contributed by atoms with E-state index in [-0.39, 0.29) is 5.75 Å². The molecule has 3 aromatic rings. The smallest absolute Gasteiger partial charge is 0.200 e. The van der Waals surface area contributed by atoms with Gasteiger partial charge in [0.2, 0.25) is 0 Å². The Labute approximate surface area is 114 Å². The average Bonchev–Trinajstić information content (AvgIpc) is 2.43. The molecular weight excluding hydrogens is 256 g/mol. The molecule has 0 aromatic heterocycles. The first kappa shape index (κ1) is 12.2. The van der Waals surface area contributed by atoms with Crippen molar-refractivity contribution in [3.63, 3.8) is 0 Å². The third kappa shape index (κ3) is 1.87. The van der Waals surface area contributed by atoms with Crippen molar-refractivity contribution < 1.29 is 20.4 Å². The first-order valence-electron chi connectivity index (χ1n) is 6.03. The molecule has 0 amide bonds. The molecule has 3 rings (SSSR count). The van der Waals surface area contributed by atoms with Gasteiger partial charge in [0, 0.05) is 0 Å². The zero-order valence-electron chi connectivity index (χ0n) is 10.4. The standard InChI is InChI=1S/C16H12O4/c17-11-5-4-9-2-1-3-12(13(9)8-11)10-6-14(18)16(20)15(19)7-10/h1-8,17-20H. The van der Waals surface area contributed by atoms with Crippen LogP contribution < -0.4 is 0 Å². The van der Waals surface area contributed by atoms with Crippen molar-refractivity contribution >= 4 is 10.8 Å². The lowest BCUT2D eigenvalue weighted by Crippen LogP contribution is -1.82. The van der Waals surface area contributed by atoms with E-state index in [1.165, 1.54) is 12.1 Å². The minimum Gasteiger partial charge on any atom is -0.508 e. The quantitative estimate of drug-likeness (QED) is 0.510. The molecule has 0 aliphatic rings. The molecule has 4 nitrogen and oxygen atoms in total. The summed E-state index contributed by atoms with van der Waals surface area (Å²) in [6, 6.07) is 13.3. The van der Waals surface area contributed by atoms with Crippen LogP contribution in [0.4, 0.5) is 0 Å². The normalized spacial score (nSPS) is 10.8. The topological polar surface area (TPSA) is 80.9 Å². The fourth-order valence-electron chi connectivity index (χ4n) is 2.27. The summed E-state index contributed by atoms with van der Waals surface area (Å²) in [5.74, 6) is -1.19. The number of fused-ring (bicyclic) bond motifs is 1. The maximum Gasteiger partial charge on any atom is 0.200 e. The molecule has 0 aliphatic heterocycles. The summed E-state index contributed by atoms with van der Waals surface area (Å²) in [4.78, 5) is 0. The highest BCUT2D eigenvalue weighted by Crippen LogP contribution is 2.40. The van der Waals surface area contributed by atoms with Crippen molar-refractivity contribution in [3.8, 4) is 34.1 Å². The molecular formula is C16H12O4. The van der Waals surface area contributed by atoms with Crippen LogP contribution in [0.1, 0.15) is 0 Å². The number of benzene rings is 3. The van der Waals surface area contributed by atoms with Crippen LogP contribution in [0.2, 0.25) is 0 Å². The first-order valence-corrected chi connectivity index (χ1v) is 6.03. The highest BCUT2D eigenvalue weighted by atomic mass is 16.3. The highest BCUT2D eigenvalue weighted by molar-refractivity contribution is 5.98. The van der Waals surface area contributed by atoms with Gasteiger partial charge in [-0.3, -0.25) is 0 Å². The maximum absolute atomic E-state index is 9.62. The van der Waals surface area contributed by atoms with Crippen LogP contribution in [0.5, 0.6) is 23.0 Å². The van der Waals surface area contributed by atoms with E-state index >= 15 is 0 Å². The number of hydrogen-bond donors (Lipinski definition) is 4. The SMILES string of the molecule is Oc1ccc2cccc(-c3cc(O)c(O)c(O)c3)c2c1. The first-order chi connectivity index (χ1) is 9.56. The molecule has 20 heavy (non-hydrogen) atoms. The Kier molecular flexibility index (Phi) is 2.64. The van der Waals surface area contributed by atoms with E-state index in [0.717, 1.165) is 16.3 Å². The summed E-state index contributed by atoms with van der Waals surface area (Å²) in [5.41, 5.74) is 1.29. The molecule has 0 heterocycles. The fourth-order valence-corrected chi connectivity index (χ4v) is 2.27. The summed E-state index contributed by atoms with van der Waals surface area (Å²) in [6.45, 7) is 0. The summed E-state index contributed by atoms with van der Waals surface area (Å²) in [5, 5.41) is 39.9. The van der Waals surface area contributed by atoms with Gasteiger partial charge in [-0.1, -0.05) is 24.3 Å². The van der Waals surface area contributed by atoms with Gasteiger partial charge in [0.1, 0.15) is 5.75 Å². The Morgan fingerprint density at radius 3 is 2.10 bits per heavy atom. The number of phenolic OH excluding ortho intramolecular Hbond substituents is 4. The second-order valence-corrected chi connectivity index (χ2v) is 4.57. The van der Waals surface area contributed by atoms with Crippen LogP contribution in [0.15, 0.2) is 48.5 Å². The summed E-state index contributed by atoms with van der Waals surface area (Å²) in [6.07, 6.45) is 0. The largest absolute Gasteiger partial charge is 0.508 e. The van der Waals surface area contributed by atoms with Gasteiger partial charge in [-0.2, -0.15) is 0 Å². The predicted octanol–water partition coefficient (Wildman–Crippen LogP) is 3.33. The molecule has 0 bridgehead atoms. The Hall–Kier alpha value is -2.88. The lowest BCUT2D eigenvalue weighted by atomic mass is 9.97. The van der Waals surface area contributed by atoms with E-state index in [9.17, 15) is 20.4 Å². The van der Waals surface area contributed by atoms with Crippen LogP contribution in [-0.2, 0) is 0 Å². The monoisotopic (exact) mass is 268 g/mol. The lowest BCUT2D eigenvalue weighted by molar-refractivity contribution is 0.368. The number of rotatable bonds is 1. The molecule has 0 fully saturated rings. The molecule has 100 valence electrons. The van der Waals surface area contributed by atoms with Gasteiger partial charge in [-0.25, -0.2) is 0 Å². The van der Waals surface area contributed by atoms with Gasteiger partial charge in [0.25, 0.3) is 0 Å². The summed E-state index contributed by atoms with van der Waals surface area (Å²) >= 11 is 0. The van der Waals surface area contributed by atoms with Gasteiger partial charge < -0.3 is 20.4 Å². The zero-order chi connectivity index (χ0) is 14.3. The Balaban J connectivity index is 2.32. The van der Waals surface area contributed by atoms with E-state index in [0.29, 0.717) is 5.56 Å². The Morgan fingerprint density at radius 1 is 0.700 bits per heavy atom. The second kappa shape index (κ2) is 4.35. The van der Waals surface area contributed by atoms with E-state index in [1.54, 1.807) is 18.2 Å². The third-order valence-corrected chi connectivity index (χ3v) is 3.25. The van der Waals surface area contributed by atoms with E-state index in [4.69, 9.17) is 0 Å². The zero-order valence-corrected chi connectivity index (χ0v) is 10.4. The fraction of sp³-hybridized carbons (Fsp3) is 0. The molecule has 0 saturated carbocycles.